The molecule has 152 valence electrons. The van der Waals surface area contributed by atoms with Crippen molar-refractivity contribution < 1.29 is 14.3 Å². The molecule has 0 aliphatic rings. The Balaban J connectivity index is 1.81. The highest BCUT2D eigenvalue weighted by molar-refractivity contribution is 6.06. The van der Waals surface area contributed by atoms with E-state index in [1.165, 1.54) is 0 Å². The summed E-state index contributed by atoms with van der Waals surface area (Å²) in [6.45, 7) is 7.25. The van der Waals surface area contributed by atoms with Gasteiger partial charge in [0, 0.05) is 18.4 Å². The normalized spacial score (nSPS) is 10.9. The average molecular weight is 394 g/mol. The van der Waals surface area contributed by atoms with E-state index in [1.54, 1.807) is 47.0 Å². The summed E-state index contributed by atoms with van der Waals surface area (Å²) in [5, 5.41) is 5.70. The van der Waals surface area contributed by atoms with E-state index in [0.717, 1.165) is 12.2 Å². The number of rotatable bonds is 8. The zero-order chi connectivity index (χ0) is 20.8. The molecule has 0 aliphatic carbocycles. The van der Waals surface area contributed by atoms with Crippen molar-refractivity contribution in [1.29, 1.82) is 0 Å². The predicted molar refractivity (Wildman–Crippen MR) is 113 cm³/mol. The third kappa shape index (κ3) is 4.93. The summed E-state index contributed by atoms with van der Waals surface area (Å²) in [6.07, 6.45) is 2.60. The first kappa shape index (κ1) is 20.4. The number of nitrogens with one attached hydrogen (secondary N) is 2. The van der Waals surface area contributed by atoms with Crippen molar-refractivity contribution >= 4 is 23.0 Å². The number of hydrogen-bond acceptors (Lipinski definition) is 4. The van der Waals surface area contributed by atoms with E-state index in [-0.39, 0.29) is 17.4 Å². The number of carbonyl (C=O) groups is 2. The van der Waals surface area contributed by atoms with Crippen LogP contribution in [0.4, 0.5) is 5.69 Å². The van der Waals surface area contributed by atoms with Crippen LogP contribution in [0.1, 0.15) is 48.3 Å². The summed E-state index contributed by atoms with van der Waals surface area (Å²) >= 11 is 0. The van der Waals surface area contributed by atoms with Gasteiger partial charge in [0.1, 0.15) is 5.75 Å². The molecule has 7 nitrogen and oxygen atoms in total. The average Bonchev–Trinajstić information content (AvgIpc) is 3.09. The van der Waals surface area contributed by atoms with Gasteiger partial charge in [0.15, 0.2) is 5.69 Å². The summed E-state index contributed by atoms with van der Waals surface area (Å²) < 4.78 is 7.04. The Labute approximate surface area is 170 Å². The first-order valence-electron chi connectivity index (χ1n) is 9.79. The van der Waals surface area contributed by atoms with Crippen molar-refractivity contribution in [1.82, 2.24) is 14.7 Å². The molecular weight excluding hydrogens is 368 g/mol. The van der Waals surface area contributed by atoms with E-state index in [2.05, 4.69) is 29.5 Å². The molecule has 0 saturated heterocycles. The topological polar surface area (TPSA) is 84.7 Å². The summed E-state index contributed by atoms with van der Waals surface area (Å²) in [5.41, 5.74) is 1.45. The summed E-state index contributed by atoms with van der Waals surface area (Å²) in [7, 11) is 0. The largest absolute Gasteiger partial charge is 0.494 e. The highest BCUT2D eigenvalue weighted by atomic mass is 16.5. The number of benzene rings is 1. The number of aromatic nitrogens is 2. The van der Waals surface area contributed by atoms with Gasteiger partial charge in [-0.05, 0) is 55.7 Å². The molecule has 29 heavy (non-hydrogen) atoms. The quantitative estimate of drug-likeness (QED) is 0.609. The molecule has 0 radical (unpaired) electrons. The van der Waals surface area contributed by atoms with E-state index in [9.17, 15) is 9.59 Å². The third-order valence-electron chi connectivity index (χ3n) is 4.40. The smallest absolute Gasteiger partial charge is 0.292 e. The predicted octanol–water partition coefficient (Wildman–Crippen LogP) is 3.76. The van der Waals surface area contributed by atoms with E-state index in [1.807, 2.05) is 13.0 Å². The van der Waals surface area contributed by atoms with Crippen molar-refractivity contribution in [3.8, 4) is 5.75 Å². The molecule has 2 N–H and O–H groups in total. The fraction of sp³-hybridized carbons (Fsp3) is 0.318. The van der Waals surface area contributed by atoms with E-state index in [0.29, 0.717) is 30.3 Å². The van der Waals surface area contributed by atoms with Crippen molar-refractivity contribution in [3.63, 3.8) is 0 Å². The summed E-state index contributed by atoms with van der Waals surface area (Å²) in [4.78, 5) is 29.8. The van der Waals surface area contributed by atoms with Crippen LogP contribution < -0.4 is 15.4 Å². The van der Waals surface area contributed by atoms with Gasteiger partial charge < -0.3 is 15.4 Å². The lowest BCUT2D eigenvalue weighted by Crippen LogP contribution is -2.26. The second-order valence-electron chi connectivity index (χ2n) is 7.09. The molecule has 2 aromatic heterocycles. The van der Waals surface area contributed by atoms with Crippen LogP contribution in [-0.2, 0) is 0 Å². The van der Waals surface area contributed by atoms with Crippen LogP contribution in [-0.4, -0.2) is 34.4 Å². The molecule has 0 atom stereocenters. The lowest BCUT2D eigenvalue weighted by Gasteiger charge is -2.06. The Morgan fingerprint density at radius 3 is 2.55 bits per heavy atom. The lowest BCUT2D eigenvalue weighted by atomic mass is 10.1. The van der Waals surface area contributed by atoms with Crippen LogP contribution >= 0.6 is 0 Å². The number of carbonyl (C=O) groups excluding carboxylic acids is 2. The highest BCUT2D eigenvalue weighted by Gasteiger charge is 2.21. The maximum atomic E-state index is 12.8. The second kappa shape index (κ2) is 9.23. The molecule has 3 rings (SSSR count). The molecule has 0 saturated carbocycles. The third-order valence-corrected chi connectivity index (χ3v) is 4.40. The minimum absolute atomic E-state index is 0.156. The monoisotopic (exact) mass is 394 g/mol. The highest BCUT2D eigenvalue weighted by Crippen LogP contribution is 2.18. The van der Waals surface area contributed by atoms with Crippen LogP contribution in [0.2, 0.25) is 0 Å². The zero-order valence-corrected chi connectivity index (χ0v) is 16.9. The molecule has 0 bridgehead atoms. The zero-order valence-electron chi connectivity index (χ0n) is 16.9. The van der Waals surface area contributed by atoms with Crippen molar-refractivity contribution in [2.45, 2.75) is 27.2 Å². The second-order valence-corrected chi connectivity index (χ2v) is 7.09. The Kier molecular flexibility index (Phi) is 6.49. The SMILES string of the molecule is CCOc1ccc(NC(=O)c2nc(C(=O)NCCC(C)C)c3ccccn23)cc1. The Bertz CT molecular complexity index is 993. The number of imidazole rings is 1. The molecular formula is C22H26N4O3. The number of pyridine rings is 1. The van der Waals surface area contributed by atoms with Crippen LogP contribution in [0, 0.1) is 5.92 Å². The number of amides is 2. The molecule has 0 fully saturated rings. The van der Waals surface area contributed by atoms with E-state index in [4.69, 9.17) is 4.74 Å². The number of hydrogen-bond donors (Lipinski definition) is 2. The van der Waals surface area contributed by atoms with Crippen molar-refractivity contribution in [2.75, 3.05) is 18.5 Å². The van der Waals surface area contributed by atoms with E-state index >= 15 is 0 Å². The van der Waals surface area contributed by atoms with Gasteiger partial charge in [0.25, 0.3) is 11.8 Å². The Morgan fingerprint density at radius 1 is 1.10 bits per heavy atom. The molecule has 0 spiro atoms. The maximum absolute atomic E-state index is 12.8. The van der Waals surface area contributed by atoms with Crippen LogP contribution in [0.3, 0.4) is 0 Å². The van der Waals surface area contributed by atoms with Gasteiger partial charge in [-0.2, -0.15) is 0 Å². The first-order chi connectivity index (χ1) is 14.0. The standard InChI is InChI=1S/C22H26N4O3/c1-4-29-17-10-8-16(9-11-17)24-22(28)20-25-19(18-7-5-6-14-26(18)20)21(27)23-13-12-15(2)3/h5-11,14-15H,4,12-13H2,1-3H3,(H,23,27)(H,24,28). The lowest BCUT2D eigenvalue weighted by molar-refractivity contribution is 0.0949. The van der Waals surface area contributed by atoms with Crippen molar-refractivity contribution in [3.05, 3.63) is 60.2 Å². The number of fused-ring (bicyclic) bond motifs is 1. The Morgan fingerprint density at radius 2 is 1.86 bits per heavy atom. The van der Waals surface area contributed by atoms with E-state index < -0.39 is 5.91 Å². The molecule has 2 heterocycles. The van der Waals surface area contributed by atoms with Gasteiger partial charge >= 0.3 is 0 Å². The molecule has 0 unspecified atom stereocenters. The first-order valence-corrected chi connectivity index (χ1v) is 9.79. The van der Waals surface area contributed by atoms with Crippen LogP contribution in [0.25, 0.3) is 5.52 Å². The maximum Gasteiger partial charge on any atom is 0.292 e. The molecule has 1 aromatic carbocycles. The molecule has 2 amide bonds. The van der Waals surface area contributed by atoms with Gasteiger partial charge in [-0.15, -0.1) is 0 Å². The Hall–Kier alpha value is -3.35. The van der Waals surface area contributed by atoms with Gasteiger partial charge in [0.2, 0.25) is 5.82 Å². The molecule has 3 aromatic rings. The fourth-order valence-corrected chi connectivity index (χ4v) is 2.91. The van der Waals surface area contributed by atoms with Crippen molar-refractivity contribution in [2.24, 2.45) is 5.92 Å². The minimum Gasteiger partial charge on any atom is -0.494 e. The minimum atomic E-state index is -0.392. The number of ether oxygens (including phenoxy) is 1. The van der Waals surface area contributed by atoms with Gasteiger partial charge in [-0.1, -0.05) is 19.9 Å². The number of nitrogens with zero attached hydrogens (tertiary/aromatic N) is 2. The van der Waals surface area contributed by atoms with Crippen LogP contribution in [0.15, 0.2) is 48.7 Å². The number of anilines is 1. The summed E-state index contributed by atoms with van der Waals surface area (Å²) in [6, 6.07) is 12.5. The van der Waals surface area contributed by atoms with Gasteiger partial charge in [-0.3, -0.25) is 14.0 Å². The van der Waals surface area contributed by atoms with Gasteiger partial charge in [0.05, 0.1) is 12.1 Å². The van der Waals surface area contributed by atoms with Crippen LogP contribution in [0.5, 0.6) is 5.75 Å². The summed E-state index contributed by atoms with van der Waals surface area (Å²) in [5.74, 6) is 0.705. The molecule has 7 heteroatoms. The fourth-order valence-electron chi connectivity index (χ4n) is 2.91. The molecule has 0 aliphatic heterocycles. The van der Waals surface area contributed by atoms with Gasteiger partial charge in [-0.25, -0.2) is 4.98 Å².